The van der Waals surface area contributed by atoms with Crippen LogP contribution in [-0.4, -0.2) is 19.6 Å². The van der Waals surface area contributed by atoms with Crippen molar-refractivity contribution in [3.05, 3.63) is 72.6 Å². The quantitative estimate of drug-likeness (QED) is 0.417. The van der Waals surface area contributed by atoms with Crippen molar-refractivity contribution >= 4 is 10.9 Å². The zero-order valence-corrected chi connectivity index (χ0v) is 15.1. The average Bonchev–Trinajstić information content (AvgIpc) is 3.30. The normalized spacial score (nSPS) is 12.0. The van der Waals surface area contributed by atoms with E-state index >= 15 is 0 Å². The molecule has 144 valence electrons. The molecule has 0 amide bonds. The number of fused-ring (bicyclic) bond motifs is 1. The second kappa shape index (κ2) is 7.50. The zero-order valence-electron chi connectivity index (χ0n) is 15.1. The number of nitrogens with zero attached hydrogens (tertiary/aromatic N) is 4. The molecular weight excluding hydrogens is 365 g/mol. The molecule has 28 heavy (non-hydrogen) atoms. The maximum absolute atomic E-state index is 13.6. The van der Waals surface area contributed by atoms with Gasteiger partial charge < -0.3 is 4.57 Å². The molecule has 4 rings (SSSR count). The van der Waals surface area contributed by atoms with Crippen LogP contribution in [0.5, 0.6) is 0 Å². The highest BCUT2D eigenvalue weighted by Gasteiger charge is 2.39. The van der Waals surface area contributed by atoms with Crippen LogP contribution >= 0.6 is 0 Å². The van der Waals surface area contributed by atoms with Crippen molar-refractivity contribution in [2.45, 2.75) is 32.1 Å². The molecule has 0 radical (unpaired) electrons. The number of unbranched alkanes of at least 4 members (excludes halogenated alkanes) is 1. The first-order valence-corrected chi connectivity index (χ1v) is 9.14. The molecule has 0 N–H and O–H groups in total. The van der Waals surface area contributed by atoms with Crippen molar-refractivity contribution in [2.75, 3.05) is 0 Å². The summed E-state index contributed by atoms with van der Waals surface area (Å²) in [5.74, 6) is 0. The standard InChI is InChI=1S/C21H19F3N4/c22-21(23,24)20-19(17-9-2-1-3-10-17)25-26-28(20)14-7-6-13-27-15-12-16-8-4-5-11-18(16)27/h1-5,8-12,15H,6-7,13-14H2. The van der Waals surface area contributed by atoms with E-state index in [1.165, 1.54) is 0 Å². The van der Waals surface area contributed by atoms with E-state index in [2.05, 4.69) is 14.9 Å². The number of alkyl halides is 3. The lowest BCUT2D eigenvalue weighted by molar-refractivity contribution is -0.143. The lowest BCUT2D eigenvalue weighted by Crippen LogP contribution is -2.16. The molecule has 0 aliphatic heterocycles. The molecule has 2 aromatic carbocycles. The Balaban J connectivity index is 1.47. The van der Waals surface area contributed by atoms with Crippen LogP contribution in [0.15, 0.2) is 66.9 Å². The highest BCUT2D eigenvalue weighted by Crippen LogP contribution is 2.35. The van der Waals surface area contributed by atoms with Gasteiger partial charge in [-0.25, -0.2) is 4.68 Å². The summed E-state index contributed by atoms with van der Waals surface area (Å²) in [6, 6.07) is 18.5. The van der Waals surface area contributed by atoms with E-state index in [-0.39, 0.29) is 12.2 Å². The molecule has 0 saturated heterocycles. The third-order valence-corrected chi connectivity index (χ3v) is 4.75. The molecule has 0 saturated carbocycles. The molecule has 4 nitrogen and oxygen atoms in total. The molecule has 0 aliphatic carbocycles. The number of hydrogen-bond acceptors (Lipinski definition) is 2. The molecule has 0 spiro atoms. The predicted molar refractivity (Wildman–Crippen MR) is 102 cm³/mol. The Morgan fingerprint density at radius 3 is 2.32 bits per heavy atom. The summed E-state index contributed by atoms with van der Waals surface area (Å²) >= 11 is 0. The Hall–Kier alpha value is -3.09. The minimum absolute atomic E-state index is 0.121. The van der Waals surface area contributed by atoms with Crippen molar-refractivity contribution < 1.29 is 13.2 Å². The van der Waals surface area contributed by atoms with Gasteiger partial charge in [0.05, 0.1) is 0 Å². The molecule has 2 aromatic heterocycles. The molecular formula is C21H19F3N4. The number of benzene rings is 2. The van der Waals surface area contributed by atoms with Crippen LogP contribution in [0.2, 0.25) is 0 Å². The molecule has 7 heteroatoms. The minimum Gasteiger partial charge on any atom is -0.347 e. The monoisotopic (exact) mass is 384 g/mol. The highest BCUT2D eigenvalue weighted by atomic mass is 19.4. The lowest BCUT2D eigenvalue weighted by Gasteiger charge is -2.11. The second-order valence-electron chi connectivity index (χ2n) is 6.65. The fourth-order valence-corrected chi connectivity index (χ4v) is 3.42. The van der Waals surface area contributed by atoms with Crippen LogP contribution in [0, 0.1) is 0 Å². The van der Waals surface area contributed by atoms with Gasteiger partial charge >= 0.3 is 6.18 Å². The smallest absolute Gasteiger partial charge is 0.347 e. The Kier molecular flexibility index (Phi) is 4.90. The third-order valence-electron chi connectivity index (χ3n) is 4.75. The maximum atomic E-state index is 13.6. The van der Waals surface area contributed by atoms with Gasteiger partial charge in [-0.15, -0.1) is 5.10 Å². The van der Waals surface area contributed by atoms with Crippen LogP contribution in [0.25, 0.3) is 22.2 Å². The van der Waals surface area contributed by atoms with Crippen molar-refractivity contribution in [1.82, 2.24) is 19.6 Å². The number of para-hydroxylation sites is 1. The Morgan fingerprint density at radius 1 is 0.821 bits per heavy atom. The largest absolute Gasteiger partial charge is 0.435 e. The van der Waals surface area contributed by atoms with Gasteiger partial charge in [0.15, 0.2) is 5.69 Å². The Bertz CT molecular complexity index is 1060. The van der Waals surface area contributed by atoms with E-state index in [0.717, 1.165) is 28.6 Å². The molecule has 0 atom stereocenters. The SMILES string of the molecule is FC(F)(F)c1c(-c2ccccc2)nnn1CCCCn1ccc2ccccc21. The van der Waals surface area contributed by atoms with Crippen molar-refractivity contribution in [3.8, 4) is 11.3 Å². The number of halogens is 3. The number of aryl methyl sites for hydroxylation is 2. The predicted octanol–water partition coefficient (Wildman–Crippen LogP) is 5.40. The van der Waals surface area contributed by atoms with Gasteiger partial charge in [-0.2, -0.15) is 13.2 Å². The fourth-order valence-electron chi connectivity index (χ4n) is 3.42. The van der Waals surface area contributed by atoms with E-state index in [1.807, 2.05) is 36.5 Å². The summed E-state index contributed by atoms with van der Waals surface area (Å²) in [5, 5.41) is 8.75. The summed E-state index contributed by atoms with van der Waals surface area (Å²) in [4.78, 5) is 0. The summed E-state index contributed by atoms with van der Waals surface area (Å²) < 4.78 is 44.0. The molecule has 0 bridgehead atoms. The molecule has 0 unspecified atom stereocenters. The maximum Gasteiger partial charge on any atom is 0.435 e. The van der Waals surface area contributed by atoms with E-state index in [9.17, 15) is 13.2 Å². The average molecular weight is 384 g/mol. The van der Waals surface area contributed by atoms with Gasteiger partial charge in [0.2, 0.25) is 0 Å². The van der Waals surface area contributed by atoms with Gasteiger partial charge in [0.1, 0.15) is 5.69 Å². The van der Waals surface area contributed by atoms with Gasteiger partial charge in [0.25, 0.3) is 0 Å². The number of hydrogen-bond donors (Lipinski definition) is 0. The zero-order chi connectivity index (χ0) is 19.6. The summed E-state index contributed by atoms with van der Waals surface area (Å²) in [6.07, 6.45) is -1.18. The summed E-state index contributed by atoms with van der Waals surface area (Å²) in [5.41, 5.74) is 0.639. The van der Waals surface area contributed by atoms with E-state index in [0.29, 0.717) is 12.0 Å². The Labute approximate surface area is 160 Å². The van der Waals surface area contributed by atoms with Crippen LogP contribution in [0.1, 0.15) is 18.5 Å². The molecule has 0 fully saturated rings. The van der Waals surface area contributed by atoms with Crippen molar-refractivity contribution in [3.63, 3.8) is 0 Å². The number of aromatic nitrogens is 4. The second-order valence-corrected chi connectivity index (χ2v) is 6.65. The molecule has 2 heterocycles. The van der Waals surface area contributed by atoms with Crippen LogP contribution in [-0.2, 0) is 19.3 Å². The number of rotatable bonds is 6. The van der Waals surface area contributed by atoms with Gasteiger partial charge in [-0.05, 0) is 30.4 Å². The first-order valence-electron chi connectivity index (χ1n) is 9.14. The molecule has 4 aromatic rings. The van der Waals surface area contributed by atoms with Crippen molar-refractivity contribution in [2.24, 2.45) is 0 Å². The van der Waals surface area contributed by atoms with Crippen molar-refractivity contribution in [1.29, 1.82) is 0 Å². The van der Waals surface area contributed by atoms with Gasteiger partial charge in [0, 0.05) is 30.4 Å². The minimum atomic E-state index is -4.51. The molecule has 0 aliphatic rings. The topological polar surface area (TPSA) is 35.6 Å². The van der Waals surface area contributed by atoms with Gasteiger partial charge in [-0.3, -0.25) is 0 Å². The lowest BCUT2D eigenvalue weighted by atomic mass is 10.1. The first-order chi connectivity index (χ1) is 13.5. The third kappa shape index (κ3) is 3.65. The summed E-state index contributed by atoms with van der Waals surface area (Å²) in [7, 11) is 0. The summed E-state index contributed by atoms with van der Waals surface area (Å²) in [6.45, 7) is 0.920. The van der Waals surface area contributed by atoms with Gasteiger partial charge in [-0.1, -0.05) is 53.7 Å². The Morgan fingerprint density at radius 2 is 1.54 bits per heavy atom. The highest BCUT2D eigenvalue weighted by molar-refractivity contribution is 5.79. The van der Waals surface area contributed by atoms with Crippen LogP contribution in [0.3, 0.4) is 0 Å². The van der Waals surface area contributed by atoms with Crippen LogP contribution < -0.4 is 0 Å². The van der Waals surface area contributed by atoms with E-state index < -0.39 is 11.9 Å². The van der Waals surface area contributed by atoms with E-state index in [4.69, 9.17) is 0 Å². The first kappa shape index (κ1) is 18.3. The van der Waals surface area contributed by atoms with E-state index in [1.54, 1.807) is 30.3 Å². The fraction of sp³-hybridized carbons (Fsp3) is 0.238. The van der Waals surface area contributed by atoms with Crippen LogP contribution in [0.4, 0.5) is 13.2 Å².